The lowest BCUT2D eigenvalue weighted by atomic mass is 9.90. The van der Waals surface area contributed by atoms with Gasteiger partial charge in [0.2, 0.25) is 0 Å². The minimum absolute atomic E-state index is 0.640. The largest absolute Gasteiger partial charge is 0.309 e. The summed E-state index contributed by atoms with van der Waals surface area (Å²) in [5.41, 5.74) is 1.44. The predicted octanol–water partition coefficient (Wildman–Crippen LogP) is 3.57. The summed E-state index contributed by atoms with van der Waals surface area (Å²) in [7, 11) is 0. The number of hydrogen-bond donors (Lipinski definition) is 1. The summed E-state index contributed by atoms with van der Waals surface area (Å²) in [6.45, 7) is 13.9. The quantitative estimate of drug-likeness (QED) is 0.887. The Bertz CT molecular complexity index is 372. The molecule has 1 aliphatic rings. The lowest BCUT2D eigenvalue weighted by molar-refractivity contribution is 0.168. The third kappa shape index (κ3) is 4.04. The van der Waals surface area contributed by atoms with Crippen molar-refractivity contribution in [2.24, 2.45) is 5.92 Å². The molecule has 1 fully saturated rings. The second kappa shape index (κ2) is 6.87. The molecule has 0 spiro atoms. The van der Waals surface area contributed by atoms with E-state index < -0.39 is 0 Å². The van der Waals surface area contributed by atoms with Gasteiger partial charge in [0.1, 0.15) is 0 Å². The van der Waals surface area contributed by atoms with Crippen LogP contribution >= 0.6 is 11.3 Å². The summed E-state index contributed by atoms with van der Waals surface area (Å²) in [6.07, 6.45) is 2.70. The van der Waals surface area contributed by atoms with Crippen LogP contribution in [0.15, 0.2) is 6.07 Å². The van der Waals surface area contributed by atoms with Crippen LogP contribution in [0, 0.1) is 19.8 Å². The third-order valence-corrected chi connectivity index (χ3v) is 5.75. The Morgan fingerprint density at radius 2 is 2.05 bits per heavy atom. The highest BCUT2D eigenvalue weighted by Crippen LogP contribution is 2.23. The second-order valence-electron chi connectivity index (χ2n) is 5.89. The molecule has 1 aromatic heterocycles. The summed E-state index contributed by atoms with van der Waals surface area (Å²) in [6, 6.07) is 2.97. The van der Waals surface area contributed by atoms with Crippen LogP contribution in [-0.4, -0.2) is 30.6 Å². The van der Waals surface area contributed by atoms with Gasteiger partial charge in [-0.2, -0.15) is 0 Å². The number of piperidine rings is 1. The molecule has 108 valence electrons. The van der Waals surface area contributed by atoms with Crippen LogP contribution in [0.5, 0.6) is 0 Å². The number of nitrogens with one attached hydrogen (secondary N) is 1. The number of aryl methyl sites for hydroxylation is 2. The van der Waals surface area contributed by atoms with E-state index in [0.29, 0.717) is 6.04 Å². The van der Waals surface area contributed by atoms with E-state index in [-0.39, 0.29) is 0 Å². The molecule has 1 unspecified atom stereocenters. The van der Waals surface area contributed by atoms with Gasteiger partial charge < -0.3 is 10.2 Å². The molecule has 19 heavy (non-hydrogen) atoms. The zero-order chi connectivity index (χ0) is 13.8. The maximum atomic E-state index is 3.73. The van der Waals surface area contributed by atoms with Gasteiger partial charge in [-0.05, 0) is 70.8 Å². The van der Waals surface area contributed by atoms with Crippen molar-refractivity contribution < 1.29 is 0 Å². The Hall–Kier alpha value is -0.380. The van der Waals surface area contributed by atoms with E-state index >= 15 is 0 Å². The van der Waals surface area contributed by atoms with Gasteiger partial charge in [-0.15, -0.1) is 11.3 Å². The Kier molecular flexibility index (Phi) is 5.43. The van der Waals surface area contributed by atoms with Gasteiger partial charge in [0, 0.05) is 22.3 Å². The van der Waals surface area contributed by atoms with Crippen LogP contribution < -0.4 is 5.32 Å². The van der Waals surface area contributed by atoms with Crippen LogP contribution in [0.4, 0.5) is 0 Å². The summed E-state index contributed by atoms with van der Waals surface area (Å²) < 4.78 is 0. The van der Waals surface area contributed by atoms with Gasteiger partial charge >= 0.3 is 0 Å². The zero-order valence-electron chi connectivity index (χ0n) is 12.8. The van der Waals surface area contributed by atoms with Gasteiger partial charge in [-0.1, -0.05) is 6.92 Å². The van der Waals surface area contributed by atoms with Crippen molar-refractivity contribution in [3.8, 4) is 0 Å². The van der Waals surface area contributed by atoms with Crippen molar-refractivity contribution in [1.29, 1.82) is 0 Å². The molecule has 0 aromatic carbocycles. The number of thiophene rings is 1. The molecule has 0 radical (unpaired) electrons. The molecular weight excluding hydrogens is 252 g/mol. The lowest BCUT2D eigenvalue weighted by Gasteiger charge is -2.34. The first-order valence-corrected chi connectivity index (χ1v) is 8.43. The molecule has 1 aliphatic heterocycles. The Labute approximate surface area is 122 Å². The summed E-state index contributed by atoms with van der Waals surface area (Å²) in [4.78, 5) is 5.50. The van der Waals surface area contributed by atoms with Crippen molar-refractivity contribution in [2.45, 2.75) is 53.1 Å². The van der Waals surface area contributed by atoms with Gasteiger partial charge in [0.25, 0.3) is 0 Å². The monoisotopic (exact) mass is 280 g/mol. The fourth-order valence-corrected chi connectivity index (χ4v) is 3.94. The minimum Gasteiger partial charge on any atom is -0.309 e. The molecule has 0 aliphatic carbocycles. The molecule has 0 saturated carbocycles. The van der Waals surface area contributed by atoms with E-state index in [9.17, 15) is 0 Å². The lowest BCUT2D eigenvalue weighted by Crippen LogP contribution is -2.41. The van der Waals surface area contributed by atoms with Crippen LogP contribution in [0.3, 0.4) is 0 Å². The zero-order valence-corrected chi connectivity index (χ0v) is 13.6. The van der Waals surface area contributed by atoms with Gasteiger partial charge in [0.15, 0.2) is 0 Å². The van der Waals surface area contributed by atoms with Crippen LogP contribution in [0.25, 0.3) is 0 Å². The molecule has 3 heteroatoms. The molecule has 1 N–H and O–H groups in total. The van der Waals surface area contributed by atoms with Gasteiger partial charge in [-0.3, -0.25) is 0 Å². The SMILES string of the molecule is CCN1CCC(C(C)NCc2cc(C)c(C)s2)CC1. The fraction of sp³-hybridized carbons (Fsp3) is 0.750. The number of likely N-dealkylation sites (tertiary alicyclic amines) is 1. The first kappa shape index (κ1) is 15.0. The molecule has 2 rings (SSSR count). The highest BCUT2D eigenvalue weighted by atomic mass is 32.1. The topological polar surface area (TPSA) is 15.3 Å². The molecule has 2 nitrogen and oxygen atoms in total. The summed E-state index contributed by atoms with van der Waals surface area (Å²) in [5.74, 6) is 0.852. The third-order valence-electron chi connectivity index (χ3n) is 4.60. The normalized spacial score (nSPS) is 19.8. The van der Waals surface area contributed by atoms with Crippen molar-refractivity contribution in [1.82, 2.24) is 10.2 Å². The maximum Gasteiger partial charge on any atom is 0.0302 e. The molecule has 0 amide bonds. The van der Waals surface area contributed by atoms with E-state index in [1.165, 1.54) is 47.8 Å². The molecule has 1 atom stereocenters. The van der Waals surface area contributed by atoms with E-state index in [1.54, 1.807) is 0 Å². The highest BCUT2D eigenvalue weighted by molar-refractivity contribution is 7.12. The van der Waals surface area contributed by atoms with Crippen molar-refractivity contribution in [3.63, 3.8) is 0 Å². The number of rotatable bonds is 5. The highest BCUT2D eigenvalue weighted by Gasteiger charge is 2.22. The van der Waals surface area contributed by atoms with Crippen LogP contribution in [0.1, 0.15) is 42.0 Å². The molecule has 1 saturated heterocycles. The molecular formula is C16H28N2S. The molecule has 0 bridgehead atoms. The average molecular weight is 280 g/mol. The van der Waals surface area contributed by atoms with E-state index in [1.807, 2.05) is 11.3 Å². The summed E-state index contributed by atoms with van der Waals surface area (Å²) in [5, 5.41) is 3.73. The number of hydrogen-bond acceptors (Lipinski definition) is 3. The van der Waals surface area contributed by atoms with Crippen molar-refractivity contribution >= 4 is 11.3 Å². The Morgan fingerprint density at radius 1 is 1.37 bits per heavy atom. The van der Waals surface area contributed by atoms with E-state index in [0.717, 1.165) is 12.5 Å². The minimum atomic E-state index is 0.640. The smallest absolute Gasteiger partial charge is 0.0302 e. The number of nitrogens with zero attached hydrogens (tertiary/aromatic N) is 1. The van der Waals surface area contributed by atoms with E-state index in [2.05, 4.69) is 44.0 Å². The average Bonchev–Trinajstić information content (AvgIpc) is 2.75. The first-order chi connectivity index (χ1) is 9.10. The fourth-order valence-electron chi connectivity index (χ4n) is 2.93. The van der Waals surface area contributed by atoms with Crippen molar-refractivity contribution in [2.75, 3.05) is 19.6 Å². The van der Waals surface area contributed by atoms with E-state index in [4.69, 9.17) is 0 Å². The maximum absolute atomic E-state index is 3.73. The van der Waals surface area contributed by atoms with Crippen LogP contribution in [-0.2, 0) is 6.54 Å². The second-order valence-corrected chi connectivity index (χ2v) is 7.23. The molecule has 2 heterocycles. The van der Waals surface area contributed by atoms with Gasteiger partial charge in [0.05, 0.1) is 0 Å². The predicted molar refractivity (Wildman–Crippen MR) is 84.9 cm³/mol. The Morgan fingerprint density at radius 3 is 2.58 bits per heavy atom. The first-order valence-electron chi connectivity index (χ1n) is 7.61. The van der Waals surface area contributed by atoms with Crippen molar-refractivity contribution in [3.05, 3.63) is 21.4 Å². The standard InChI is InChI=1S/C16H28N2S/c1-5-18-8-6-15(7-9-18)13(3)17-11-16-10-12(2)14(4)19-16/h10,13,15,17H,5-9,11H2,1-4H3. The summed E-state index contributed by atoms with van der Waals surface area (Å²) >= 11 is 1.94. The van der Waals surface area contributed by atoms with Crippen LogP contribution in [0.2, 0.25) is 0 Å². The Balaban J connectivity index is 1.77. The molecule has 1 aromatic rings. The van der Waals surface area contributed by atoms with Gasteiger partial charge in [-0.25, -0.2) is 0 Å².